The van der Waals surface area contributed by atoms with Crippen LogP contribution in [0.3, 0.4) is 0 Å². The number of carbonyl (C=O) groups excluding carboxylic acids is 2. The maximum Gasteiger partial charge on any atom is 0.162 e. The zero-order chi connectivity index (χ0) is 19.7. The van der Waals surface area contributed by atoms with Gasteiger partial charge in [-0.25, -0.2) is 0 Å². The Morgan fingerprint density at radius 2 is 1.96 bits per heavy atom. The van der Waals surface area contributed by atoms with Crippen molar-refractivity contribution in [2.75, 3.05) is 6.61 Å². The molecule has 150 valence electrons. The summed E-state index contributed by atoms with van der Waals surface area (Å²) >= 11 is 0. The molecule has 0 aliphatic heterocycles. The standard InChI is InChI=1S/C23H34O4/c1-12-7-15-17-8-13(2)20(19(27)11-24)23(17,4)10-18(26)21(15)22(3)6-5-14(25)9-16(12)22/h9,12-13,15,17-18,20-21,24,26H,5-8,10-11H2,1-4H3/t12?,13?,15-,17-,18-,20+,21+,22-,23-/m0/s1. The van der Waals surface area contributed by atoms with Crippen LogP contribution in [0.15, 0.2) is 11.6 Å². The molecule has 0 heterocycles. The van der Waals surface area contributed by atoms with Crippen LogP contribution in [0.1, 0.15) is 59.8 Å². The molecule has 27 heavy (non-hydrogen) atoms. The van der Waals surface area contributed by atoms with Gasteiger partial charge in [-0.15, -0.1) is 0 Å². The van der Waals surface area contributed by atoms with Crippen molar-refractivity contribution >= 4 is 11.6 Å². The number of allylic oxidation sites excluding steroid dienone is 1. The van der Waals surface area contributed by atoms with Gasteiger partial charge in [-0.1, -0.05) is 33.3 Å². The van der Waals surface area contributed by atoms with Crippen molar-refractivity contribution in [2.24, 2.45) is 46.3 Å². The van der Waals surface area contributed by atoms with E-state index in [2.05, 4.69) is 27.7 Å². The van der Waals surface area contributed by atoms with Crippen molar-refractivity contribution < 1.29 is 19.8 Å². The summed E-state index contributed by atoms with van der Waals surface area (Å²) in [5.74, 6) is 1.56. The minimum absolute atomic E-state index is 0.0583. The van der Waals surface area contributed by atoms with Gasteiger partial charge in [0.1, 0.15) is 6.61 Å². The van der Waals surface area contributed by atoms with E-state index in [1.807, 2.05) is 6.08 Å². The van der Waals surface area contributed by atoms with Crippen molar-refractivity contribution in [1.82, 2.24) is 0 Å². The summed E-state index contributed by atoms with van der Waals surface area (Å²) in [6, 6.07) is 0. The van der Waals surface area contributed by atoms with E-state index in [4.69, 9.17) is 0 Å². The minimum atomic E-state index is -0.454. The van der Waals surface area contributed by atoms with Crippen LogP contribution < -0.4 is 0 Å². The van der Waals surface area contributed by atoms with Gasteiger partial charge in [-0.05, 0) is 72.2 Å². The zero-order valence-corrected chi connectivity index (χ0v) is 17.1. The molecule has 2 unspecified atom stereocenters. The molecule has 0 bridgehead atoms. The van der Waals surface area contributed by atoms with Gasteiger partial charge in [0, 0.05) is 12.3 Å². The maximum atomic E-state index is 12.6. The molecule has 4 nitrogen and oxygen atoms in total. The van der Waals surface area contributed by atoms with Crippen molar-refractivity contribution in [3.8, 4) is 0 Å². The van der Waals surface area contributed by atoms with E-state index in [-0.39, 0.29) is 40.2 Å². The predicted octanol–water partition coefficient (Wildman–Crippen LogP) is 3.16. The molecule has 0 aromatic carbocycles. The Morgan fingerprint density at radius 1 is 1.26 bits per heavy atom. The van der Waals surface area contributed by atoms with Crippen molar-refractivity contribution in [3.05, 3.63) is 11.6 Å². The van der Waals surface area contributed by atoms with Gasteiger partial charge in [0.2, 0.25) is 0 Å². The fourth-order valence-corrected chi connectivity index (χ4v) is 8.27. The summed E-state index contributed by atoms with van der Waals surface area (Å²) in [4.78, 5) is 24.6. The zero-order valence-electron chi connectivity index (χ0n) is 17.1. The molecule has 4 aliphatic carbocycles. The molecule has 0 amide bonds. The second-order valence-electron chi connectivity index (χ2n) is 10.5. The van der Waals surface area contributed by atoms with E-state index in [0.717, 1.165) is 19.3 Å². The molecule has 0 aromatic rings. The highest BCUT2D eigenvalue weighted by atomic mass is 16.3. The van der Waals surface area contributed by atoms with E-state index in [1.165, 1.54) is 5.57 Å². The lowest BCUT2D eigenvalue weighted by molar-refractivity contribution is -0.150. The average molecular weight is 375 g/mol. The quantitative estimate of drug-likeness (QED) is 0.779. The van der Waals surface area contributed by atoms with Crippen molar-refractivity contribution in [2.45, 2.75) is 65.9 Å². The number of hydrogen-bond acceptors (Lipinski definition) is 4. The summed E-state index contributed by atoms with van der Waals surface area (Å²) < 4.78 is 0. The Hall–Kier alpha value is -1.00. The topological polar surface area (TPSA) is 74.6 Å². The van der Waals surface area contributed by atoms with E-state index in [9.17, 15) is 19.8 Å². The third kappa shape index (κ3) is 2.55. The molecule has 4 aliphatic rings. The van der Waals surface area contributed by atoms with Crippen LogP contribution >= 0.6 is 0 Å². The summed E-state index contributed by atoms with van der Waals surface area (Å²) in [7, 11) is 0. The van der Waals surface area contributed by atoms with Gasteiger partial charge in [0.15, 0.2) is 11.6 Å². The first kappa shape index (κ1) is 19.3. The number of rotatable bonds is 2. The Kier molecular flexibility index (Phi) is 4.47. The van der Waals surface area contributed by atoms with Crippen LogP contribution in [0.2, 0.25) is 0 Å². The second kappa shape index (κ2) is 6.25. The van der Waals surface area contributed by atoms with Crippen molar-refractivity contribution in [1.29, 1.82) is 0 Å². The van der Waals surface area contributed by atoms with Gasteiger partial charge >= 0.3 is 0 Å². The van der Waals surface area contributed by atoms with Crippen LogP contribution in [0, 0.1) is 46.3 Å². The van der Waals surface area contributed by atoms with E-state index in [0.29, 0.717) is 30.6 Å². The van der Waals surface area contributed by atoms with Crippen LogP contribution in [0.5, 0.6) is 0 Å². The Bertz CT molecular complexity index is 696. The molecule has 9 atom stereocenters. The molecule has 2 N–H and O–H groups in total. The third-order valence-corrected chi connectivity index (χ3v) is 9.06. The van der Waals surface area contributed by atoms with E-state index in [1.54, 1.807) is 0 Å². The number of carbonyl (C=O) groups is 2. The first-order valence-electron chi connectivity index (χ1n) is 10.7. The first-order valence-corrected chi connectivity index (χ1v) is 10.7. The number of fused-ring (bicyclic) bond motifs is 5. The molecular formula is C23H34O4. The monoisotopic (exact) mass is 374 g/mol. The Morgan fingerprint density at radius 3 is 2.63 bits per heavy atom. The van der Waals surface area contributed by atoms with Gasteiger partial charge in [-0.3, -0.25) is 9.59 Å². The highest BCUT2D eigenvalue weighted by molar-refractivity contribution is 5.91. The second-order valence-corrected chi connectivity index (χ2v) is 10.5. The number of aliphatic hydroxyl groups is 2. The number of Topliss-reactive ketones (excluding diaryl/α,β-unsaturated/α-hetero) is 1. The summed E-state index contributed by atoms with van der Waals surface area (Å²) in [5, 5.41) is 20.9. The molecule has 3 saturated carbocycles. The highest BCUT2D eigenvalue weighted by Gasteiger charge is 2.65. The fourth-order valence-electron chi connectivity index (χ4n) is 8.27. The average Bonchev–Trinajstić information content (AvgIpc) is 2.85. The summed E-state index contributed by atoms with van der Waals surface area (Å²) in [6.45, 7) is 8.42. The van der Waals surface area contributed by atoms with Gasteiger partial charge in [0.25, 0.3) is 0 Å². The van der Waals surface area contributed by atoms with Gasteiger partial charge in [0.05, 0.1) is 6.10 Å². The molecule has 0 aromatic heterocycles. The van der Waals surface area contributed by atoms with Gasteiger partial charge < -0.3 is 10.2 Å². The fraction of sp³-hybridized carbons (Fsp3) is 0.826. The van der Waals surface area contributed by atoms with Crippen molar-refractivity contribution in [3.63, 3.8) is 0 Å². The summed E-state index contributed by atoms with van der Waals surface area (Å²) in [5.41, 5.74) is 0.901. The molecular weight excluding hydrogens is 340 g/mol. The van der Waals surface area contributed by atoms with Gasteiger partial charge in [-0.2, -0.15) is 0 Å². The largest absolute Gasteiger partial charge is 0.393 e. The Labute approximate surface area is 162 Å². The molecule has 4 rings (SSSR count). The SMILES string of the molecule is CC1C[C@@H]2[C@H]([C@@H](O)C[C@]3(C)[C@@H](C(=O)CO)C(C)C[C@@H]23)[C@@]2(C)CCC(=O)C=C12. The lowest BCUT2D eigenvalue weighted by Crippen LogP contribution is -2.58. The number of hydrogen-bond donors (Lipinski definition) is 2. The first-order chi connectivity index (χ1) is 12.6. The normalized spacial score (nSPS) is 51.9. The molecule has 4 heteroatoms. The van der Waals surface area contributed by atoms with E-state index < -0.39 is 12.7 Å². The highest BCUT2D eigenvalue weighted by Crippen LogP contribution is 2.68. The number of aliphatic hydroxyl groups excluding tert-OH is 2. The maximum absolute atomic E-state index is 12.6. The van der Waals surface area contributed by atoms with Crippen LogP contribution in [-0.2, 0) is 9.59 Å². The van der Waals surface area contributed by atoms with E-state index >= 15 is 0 Å². The van der Waals surface area contributed by atoms with Crippen LogP contribution in [-0.4, -0.2) is 34.5 Å². The number of ketones is 2. The molecule has 0 spiro atoms. The lowest BCUT2D eigenvalue weighted by atomic mass is 9.44. The molecule has 0 radical (unpaired) electrons. The lowest BCUT2D eigenvalue weighted by Gasteiger charge is -2.61. The third-order valence-electron chi connectivity index (χ3n) is 9.06. The smallest absolute Gasteiger partial charge is 0.162 e. The summed E-state index contributed by atoms with van der Waals surface area (Å²) in [6.07, 6.45) is 5.45. The van der Waals surface area contributed by atoms with Crippen LogP contribution in [0.25, 0.3) is 0 Å². The molecule has 3 fully saturated rings. The predicted molar refractivity (Wildman–Crippen MR) is 103 cm³/mol. The minimum Gasteiger partial charge on any atom is -0.393 e. The van der Waals surface area contributed by atoms with Crippen LogP contribution in [0.4, 0.5) is 0 Å². The molecule has 0 saturated heterocycles. The Balaban J connectivity index is 1.76.